The summed E-state index contributed by atoms with van der Waals surface area (Å²) in [5.74, 6) is -0.595. The standard InChI is InChI=1S/C14H11F2NO/c1-14(9-17,8-11-3-2-6-18-11)12-7-10(15)4-5-13(12)16/h2-7H,8H2,1H3. The molecule has 1 heterocycles. The molecule has 0 aliphatic carbocycles. The lowest BCUT2D eigenvalue weighted by atomic mass is 9.80. The molecule has 0 aliphatic rings. The predicted molar refractivity (Wildman–Crippen MR) is 61.7 cm³/mol. The number of hydrogen-bond donors (Lipinski definition) is 0. The molecule has 1 aromatic heterocycles. The van der Waals surface area contributed by atoms with E-state index in [1.54, 1.807) is 19.1 Å². The Morgan fingerprint density at radius 2 is 2.11 bits per heavy atom. The third-order valence-corrected chi connectivity index (χ3v) is 2.88. The summed E-state index contributed by atoms with van der Waals surface area (Å²) in [6, 6.07) is 8.54. The largest absolute Gasteiger partial charge is 0.469 e. The molecule has 0 N–H and O–H groups in total. The molecule has 4 heteroatoms. The number of nitriles is 1. The highest BCUT2D eigenvalue weighted by Gasteiger charge is 2.31. The minimum atomic E-state index is -1.16. The van der Waals surface area contributed by atoms with Crippen molar-refractivity contribution in [2.45, 2.75) is 18.8 Å². The summed E-state index contributed by atoms with van der Waals surface area (Å²) in [7, 11) is 0. The number of halogens is 2. The SMILES string of the molecule is CC(C#N)(Cc1ccco1)c1cc(F)ccc1F. The van der Waals surface area contributed by atoms with E-state index in [1.165, 1.54) is 6.26 Å². The first-order valence-corrected chi connectivity index (χ1v) is 5.44. The molecule has 0 amide bonds. The minimum Gasteiger partial charge on any atom is -0.469 e. The van der Waals surface area contributed by atoms with Gasteiger partial charge in [-0.2, -0.15) is 5.26 Å². The number of rotatable bonds is 3. The molecule has 0 fully saturated rings. The molecular formula is C14H11F2NO. The van der Waals surface area contributed by atoms with Crippen LogP contribution in [0.3, 0.4) is 0 Å². The molecule has 18 heavy (non-hydrogen) atoms. The van der Waals surface area contributed by atoms with E-state index in [0.717, 1.165) is 18.2 Å². The lowest BCUT2D eigenvalue weighted by Crippen LogP contribution is -2.24. The zero-order valence-corrected chi connectivity index (χ0v) is 9.78. The van der Waals surface area contributed by atoms with E-state index in [1.807, 2.05) is 6.07 Å². The zero-order valence-electron chi connectivity index (χ0n) is 9.78. The number of nitrogens with zero attached hydrogens (tertiary/aromatic N) is 1. The first-order chi connectivity index (χ1) is 8.55. The third kappa shape index (κ3) is 2.25. The van der Waals surface area contributed by atoms with Gasteiger partial charge in [0.05, 0.1) is 17.7 Å². The Balaban J connectivity index is 2.43. The minimum absolute atomic E-state index is 0.0430. The molecule has 1 unspecified atom stereocenters. The lowest BCUT2D eigenvalue weighted by Gasteiger charge is -2.21. The van der Waals surface area contributed by atoms with E-state index >= 15 is 0 Å². The second kappa shape index (κ2) is 4.61. The van der Waals surface area contributed by atoms with Crippen LogP contribution < -0.4 is 0 Å². The maximum atomic E-state index is 13.7. The van der Waals surface area contributed by atoms with Gasteiger partial charge < -0.3 is 4.42 Å². The van der Waals surface area contributed by atoms with Crippen molar-refractivity contribution in [2.24, 2.45) is 0 Å². The molecular weight excluding hydrogens is 236 g/mol. The van der Waals surface area contributed by atoms with Gasteiger partial charge in [-0.3, -0.25) is 0 Å². The quantitative estimate of drug-likeness (QED) is 0.831. The van der Waals surface area contributed by atoms with Gasteiger partial charge in [-0.05, 0) is 37.3 Å². The summed E-state index contributed by atoms with van der Waals surface area (Å²) in [6.45, 7) is 1.56. The normalized spacial score (nSPS) is 13.9. The Bertz CT molecular complexity index is 586. The van der Waals surface area contributed by atoms with E-state index in [4.69, 9.17) is 4.42 Å². The van der Waals surface area contributed by atoms with Crippen LogP contribution in [0, 0.1) is 23.0 Å². The second-order valence-electron chi connectivity index (χ2n) is 4.32. The van der Waals surface area contributed by atoms with Crippen molar-refractivity contribution in [3.63, 3.8) is 0 Å². The van der Waals surface area contributed by atoms with Crippen LogP contribution in [-0.2, 0) is 11.8 Å². The molecule has 2 rings (SSSR count). The number of benzene rings is 1. The topological polar surface area (TPSA) is 36.9 Å². The monoisotopic (exact) mass is 247 g/mol. The van der Waals surface area contributed by atoms with Crippen LogP contribution in [0.25, 0.3) is 0 Å². The first-order valence-electron chi connectivity index (χ1n) is 5.44. The van der Waals surface area contributed by atoms with Crippen LogP contribution in [0.2, 0.25) is 0 Å². The van der Waals surface area contributed by atoms with Crippen molar-refractivity contribution < 1.29 is 13.2 Å². The van der Waals surface area contributed by atoms with Crippen LogP contribution in [0.1, 0.15) is 18.2 Å². The highest BCUT2D eigenvalue weighted by molar-refractivity contribution is 5.34. The molecule has 0 saturated heterocycles. The van der Waals surface area contributed by atoms with Gasteiger partial charge in [0.15, 0.2) is 0 Å². The summed E-state index contributed by atoms with van der Waals surface area (Å²) in [5, 5.41) is 9.27. The molecule has 0 aliphatic heterocycles. The van der Waals surface area contributed by atoms with Gasteiger partial charge in [-0.1, -0.05) is 0 Å². The van der Waals surface area contributed by atoms with Gasteiger partial charge in [0, 0.05) is 12.0 Å². The smallest absolute Gasteiger partial charge is 0.128 e. The van der Waals surface area contributed by atoms with Crippen LogP contribution in [0.5, 0.6) is 0 Å². The van der Waals surface area contributed by atoms with Gasteiger partial charge in [0.1, 0.15) is 17.4 Å². The van der Waals surface area contributed by atoms with E-state index in [-0.39, 0.29) is 12.0 Å². The van der Waals surface area contributed by atoms with E-state index in [0.29, 0.717) is 5.76 Å². The average Bonchev–Trinajstić information content (AvgIpc) is 2.84. The molecule has 0 radical (unpaired) electrons. The maximum absolute atomic E-state index is 13.7. The summed E-state index contributed by atoms with van der Waals surface area (Å²) in [6.07, 6.45) is 1.67. The highest BCUT2D eigenvalue weighted by Crippen LogP contribution is 2.30. The van der Waals surface area contributed by atoms with Crippen LogP contribution in [-0.4, -0.2) is 0 Å². The summed E-state index contributed by atoms with van der Waals surface area (Å²) in [5.41, 5.74) is -1.12. The van der Waals surface area contributed by atoms with Gasteiger partial charge >= 0.3 is 0 Å². The molecule has 0 bridgehead atoms. The van der Waals surface area contributed by atoms with Crippen molar-refractivity contribution in [3.05, 3.63) is 59.6 Å². The Morgan fingerprint density at radius 1 is 1.33 bits per heavy atom. The maximum Gasteiger partial charge on any atom is 0.128 e. The molecule has 1 aromatic carbocycles. The Labute approximate surface area is 103 Å². The zero-order chi connectivity index (χ0) is 13.2. The Morgan fingerprint density at radius 3 is 2.72 bits per heavy atom. The first kappa shape index (κ1) is 12.3. The Hall–Kier alpha value is -2.15. The highest BCUT2D eigenvalue weighted by atomic mass is 19.1. The summed E-state index contributed by atoms with van der Waals surface area (Å²) >= 11 is 0. The van der Waals surface area contributed by atoms with Crippen LogP contribution in [0.15, 0.2) is 41.0 Å². The van der Waals surface area contributed by atoms with Crippen molar-refractivity contribution >= 4 is 0 Å². The van der Waals surface area contributed by atoms with Crippen LogP contribution >= 0.6 is 0 Å². The number of furan rings is 1. The third-order valence-electron chi connectivity index (χ3n) is 2.88. The average molecular weight is 247 g/mol. The van der Waals surface area contributed by atoms with Crippen molar-refractivity contribution in [1.82, 2.24) is 0 Å². The fraction of sp³-hybridized carbons (Fsp3) is 0.214. The second-order valence-corrected chi connectivity index (χ2v) is 4.32. The van der Waals surface area contributed by atoms with Gasteiger partial charge in [-0.15, -0.1) is 0 Å². The van der Waals surface area contributed by atoms with Gasteiger partial charge in [0.25, 0.3) is 0 Å². The van der Waals surface area contributed by atoms with Crippen molar-refractivity contribution in [2.75, 3.05) is 0 Å². The molecule has 2 aromatic rings. The van der Waals surface area contributed by atoms with E-state index < -0.39 is 17.0 Å². The van der Waals surface area contributed by atoms with Crippen molar-refractivity contribution in [1.29, 1.82) is 5.26 Å². The fourth-order valence-corrected chi connectivity index (χ4v) is 1.88. The van der Waals surface area contributed by atoms with E-state index in [2.05, 4.69) is 0 Å². The molecule has 1 atom stereocenters. The predicted octanol–water partition coefficient (Wildman–Crippen LogP) is 3.58. The lowest BCUT2D eigenvalue weighted by molar-refractivity contribution is 0.448. The van der Waals surface area contributed by atoms with E-state index in [9.17, 15) is 14.0 Å². The van der Waals surface area contributed by atoms with Gasteiger partial charge in [0.2, 0.25) is 0 Å². The molecule has 0 saturated carbocycles. The fourth-order valence-electron chi connectivity index (χ4n) is 1.88. The van der Waals surface area contributed by atoms with Crippen molar-refractivity contribution in [3.8, 4) is 6.07 Å². The summed E-state index contributed by atoms with van der Waals surface area (Å²) < 4.78 is 32.1. The number of hydrogen-bond acceptors (Lipinski definition) is 2. The molecule has 0 spiro atoms. The van der Waals surface area contributed by atoms with Crippen LogP contribution in [0.4, 0.5) is 8.78 Å². The molecule has 2 nitrogen and oxygen atoms in total. The van der Waals surface area contributed by atoms with Gasteiger partial charge in [-0.25, -0.2) is 8.78 Å². The summed E-state index contributed by atoms with van der Waals surface area (Å²) in [4.78, 5) is 0. The Kier molecular flexibility index (Phi) is 3.15. The molecule has 92 valence electrons.